The summed E-state index contributed by atoms with van der Waals surface area (Å²) in [7, 11) is 0. The molecule has 2 N–H and O–H groups in total. The zero-order valence-corrected chi connectivity index (χ0v) is 11.8. The third-order valence-corrected chi connectivity index (χ3v) is 3.88. The number of hydrogen-bond donors (Lipinski definition) is 2. The van der Waals surface area contributed by atoms with Gasteiger partial charge in [0, 0.05) is 36.9 Å². The van der Waals surface area contributed by atoms with Crippen LogP contribution in [0.3, 0.4) is 0 Å². The summed E-state index contributed by atoms with van der Waals surface area (Å²) in [5, 5.41) is 6.44. The van der Waals surface area contributed by atoms with E-state index in [9.17, 15) is 4.39 Å². The molecule has 2 aliphatic heterocycles. The molecule has 1 atom stereocenters. The van der Waals surface area contributed by atoms with Crippen molar-refractivity contribution < 1.29 is 4.39 Å². The SMILES string of the molecule is CC1CN=C(NCc2c(F)cccc2N2CCCC2)N1. The Morgan fingerprint density at radius 1 is 1.40 bits per heavy atom. The Labute approximate surface area is 119 Å². The second-order valence-electron chi connectivity index (χ2n) is 5.52. The predicted octanol–water partition coefficient (Wildman–Crippen LogP) is 1.86. The highest BCUT2D eigenvalue weighted by Crippen LogP contribution is 2.26. The zero-order valence-electron chi connectivity index (χ0n) is 11.8. The van der Waals surface area contributed by atoms with Crippen LogP contribution in [0.15, 0.2) is 23.2 Å². The van der Waals surface area contributed by atoms with Crippen molar-refractivity contribution in [1.82, 2.24) is 10.6 Å². The van der Waals surface area contributed by atoms with Crippen LogP contribution in [0.4, 0.5) is 10.1 Å². The number of guanidine groups is 1. The molecule has 2 heterocycles. The smallest absolute Gasteiger partial charge is 0.191 e. The number of nitrogens with one attached hydrogen (secondary N) is 2. The van der Waals surface area contributed by atoms with Crippen molar-refractivity contribution in [3.63, 3.8) is 0 Å². The summed E-state index contributed by atoms with van der Waals surface area (Å²) in [5.74, 6) is 0.627. The molecule has 2 aliphatic rings. The normalized spacial score (nSPS) is 21.8. The van der Waals surface area contributed by atoms with Gasteiger partial charge >= 0.3 is 0 Å². The van der Waals surface area contributed by atoms with E-state index in [1.807, 2.05) is 6.07 Å². The van der Waals surface area contributed by atoms with Gasteiger partial charge in [-0.2, -0.15) is 0 Å². The topological polar surface area (TPSA) is 39.7 Å². The third-order valence-electron chi connectivity index (χ3n) is 3.88. The molecule has 0 aromatic heterocycles. The second kappa shape index (κ2) is 5.69. The third kappa shape index (κ3) is 2.71. The van der Waals surface area contributed by atoms with Gasteiger partial charge in [-0.1, -0.05) is 6.07 Å². The maximum Gasteiger partial charge on any atom is 0.191 e. The van der Waals surface area contributed by atoms with Crippen LogP contribution in [-0.4, -0.2) is 31.6 Å². The van der Waals surface area contributed by atoms with E-state index in [1.54, 1.807) is 6.07 Å². The number of aliphatic imine (C=N–C) groups is 1. The van der Waals surface area contributed by atoms with Crippen LogP contribution in [0.2, 0.25) is 0 Å². The fourth-order valence-corrected chi connectivity index (χ4v) is 2.81. The molecule has 0 bridgehead atoms. The lowest BCUT2D eigenvalue weighted by Crippen LogP contribution is -2.37. The van der Waals surface area contributed by atoms with Crippen LogP contribution in [0, 0.1) is 5.82 Å². The van der Waals surface area contributed by atoms with E-state index >= 15 is 0 Å². The van der Waals surface area contributed by atoms with Gasteiger partial charge < -0.3 is 15.5 Å². The van der Waals surface area contributed by atoms with Gasteiger partial charge in [0.2, 0.25) is 0 Å². The molecule has 3 rings (SSSR count). The Bertz CT molecular complexity index is 509. The number of nitrogens with zero attached hydrogens (tertiary/aromatic N) is 2. The number of anilines is 1. The van der Waals surface area contributed by atoms with Crippen molar-refractivity contribution in [2.75, 3.05) is 24.5 Å². The van der Waals surface area contributed by atoms with E-state index in [1.165, 1.54) is 18.9 Å². The van der Waals surface area contributed by atoms with Gasteiger partial charge in [0.15, 0.2) is 5.96 Å². The highest BCUT2D eigenvalue weighted by Gasteiger charge is 2.19. The van der Waals surface area contributed by atoms with Crippen LogP contribution >= 0.6 is 0 Å². The highest BCUT2D eigenvalue weighted by atomic mass is 19.1. The second-order valence-corrected chi connectivity index (χ2v) is 5.52. The van der Waals surface area contributed by atoms with Crippen LogP contribution in [-0.2, 0) is 6.54 Å². The average Bonchev–Trinajstić information content (AvgIpc) is 3.08. The summed E-state index contributed by atoms with van der Waals surface area (Å²) in [6.07, 6.45) is 2.38. The molecule has 0 saturated carbocycles. The van der Waals surface area contributed by atoms with Crippen molar-refractivity contribution in [3.8, 4) is 0 Å². The van der Waals surface area contributed by atoms with Crippen molar-refractivity contribution in [3.05, 3.63) is 29.6 Å². The van der Waals surface area contributed by atoms with Crippen LogP contribution in [0.1, 0.15) is 25.3 Å². The number of rotatable bonds is 3. The zero-order chi connectivity index (χ0) is 13.9. The van der Waals surface area contributed by atoms with Crippen molar-refractivity contribution in [1.29, 1.82) is 0 Å². The molecule has 1 saturated heterocycles. The number of benzene rings is 1. The molecule has 0 amide bonds. The van der Waals surface area contributed by atoms with Crippen LogP contribution < -0.4 is 15.5 Å². The first kappa shape index (κ1) is 13.2. The largest absolute Gasteiger partial charge is 0.371 e. The first-order valence-corrected chi connectivity index (χ1v) is 7.31. The molecule has 4 nitrogen and oxygen atoms in total. The summed E-state index contributed by atoms with van der Waals surface area (Å²) in [6, 6.07) is 5.69. The minimum absolute atomic E-state index is 0.145. The summed E-state index contributed by atoms with van der Waals surface area (Å²) in [4.78, 5) is 6.62. The van der Waals surface area contributed by atoms with Gasteiger partial charge in [0.25, 0.3) is 0 Å². The van der Waals surface area contributed by atoms with Gasteiger partial charge in [-0.3, -0.25) is 4.99 Å². The van der Waals surface area contributed by atoms with Gasteiger partial charge in [-0.25, -0.2) is 4.39 Å². The molecule has 108 valence electrons. The molecule has 1 unspecified atom stereocenters. The minimum atomic E-state index is -0.145. The lowest BCUT2D eigenvalue weighted by molar-refractivity contribution is 0.604. The highest BCUT2D eigenvalue weighted by molar-refractivity contribution is 5.81. The fraction of sp³-hybridized carbons (Fsp3) is 0.533. The molecule has 0 radical (unpaired) electrons. The quantitative estimate of drug-likeness (QED) is 0.885. The Morgan fingerprint density at radius 3 is 2.90 bits per heavy atom. The molecule has 20 heavy (non-hydrogen) atoms. The molecule has 0 spiro atoms. The molecular formula is C15H21FN4. The maximum atomic E-state index is 14.1. The number of hydrogen-bond acceptors (Lipinski definition) is 4. The lowest BCUT2D eigenvalue weighted by Gasteiger charge is -2.22. The van der Waals surface area contributed by atoms with E-state index in [2.05, 4.69) is 27.4 Å². The Balaban J connectivity index is 1.74. The monoisotopic (exact) mass is 276 g/mol. The Kier molecular flexibility index (Phi) is 3.76. The van der Waals surface area contributed by atoms with Gasteiger partial charge in [-0.05, 0) is 31.9 Å². The molecule has 1 aromatic rings. The first-order valence-electron chi connectivity index (χ1n) is 7.31. The molecule has 0 aliphatic carbocycles. The summed E-state index contributed by atoms with van der Waals surface area (Å²) >= 11 is 0. The predicted molar refractivity (Wildman–Crippen MR) is 79.6 cm³/mol. The molecular weight excluding hydrogens is 255 g/mol. The van der Waals surface area contributed by atoms with Crippen molar-refractivity contribution in [2.24, 2.45) is 4.99 Å². The average molecular weight is 276 g/mol. The standard InChI is InChI=1S/C15H21FN4/c1-11-9-17-15(19-11)18-10-12-13(16)5-4-6-14(12)20-7-2-3-8-20/h4-6,11H,2-3,7-10H2,1H3,(H2,17,18,19). The van der Waals surface area contributed by atoms with Crippen LogP contribution in [0.25, 0.3) is 0 Å². The van der Waals surface area contributed by atoms with Gasteiger partial charge in [0.05, 0.1) is 6.54 Å². The van der Waals surface area contributed by atoms with E-state index in [0.29, 0.717) is 12.6 Å². The minimum Gasteiger partial charge on any atom is -0.371 e. The Morgan fingerprint density at radius 2 is 2.20 bits per heavy atom. The maximum absolute atomic E-state index is 14.1. The summed E-state index contributed by atoms with van der Waals surface area (Å²) in [6.45, 7) is 5.37. The molecule has 5 heteroatoms. The summed E-state index contributed by atoms with van der Waals surface area (Å²) < 4.78 is 14.1. The van der Waals surface area contributed by atoms with Gasteiger partial charge in [-0.15, -0.1) is 0 Å². The van der Waals surface area contributed by atoms with E-state index in [-0.39, 0.29) is 5.82 Å². The lowest BCUT2D eigenvalue weighted by atomic mass is 10.1. The van der Waals surface area contributed by atoms with Gasteiger partial charge in [0.1, 0.15) is 5.82 Å². The molecule has 1 aromatic carbocycles. The van der Waals surface area contributed by atoms with E-state index < -0.39 is 0 Å². The van der Waals surface area contributed by atoms with E-state index in [0.717, 1.165) is 36.8 Å². The van der Waals surface area contributed by atoms with Crippen LogP contribution in [0.5, 0.6) is 0 Å². The van der Waals surface area contributed by atoms with Crippen molar-refractivity contribution >= 4 is 11.6 Å². The van der Waals surface area contributed by atoms with E-state index in [4.69, 9.17) is 0 Å². The fourth-order valence-electron chi connectivity index (χ4n) is 2.81. The summed E-state index contributed by atoms with van der Waals surface area (Å²) in [5.41, 5.74) is 1.75. The Hall–Kier alpha value is -1.78. The first-order chi connectivity index (χ1) is 9.74. The van der Waals surface area contributed by atoms with Crippen molar-refractivity contribution in [2.45, 2.75) is 32.4 Å². The molecule has 1 fully saturated rings. The number of halogens is 1.